The highest BCUT2D eigenvalue weighted by Crippen LogP contribution is 2.32. The number of nitrogens with zero attached hydrogens (tertiary/aromatic N) is 2. The number of carboxylic acid groups (broad SMARTS) is 1. The van der Waals surface area contributed by atoms with Crippen LogP contribution < -0.4 is 4.90 Å². The Morgan fingerprint density at radius 1 is 1.37 bits per heavy atom. The van der Waals surface area contributed by atoms with E-state index in [1.54, 1.807) is 6.20 Å². The van der Waals surface area contributed by atoms with Gasteiger partial charge in [-0.15, -0.1) is 0 Å². The first-order valence-corrected chi connectivity index (χ1v) is 6.51. The maximum atomic E-state index is 11.2. The van der Waals surface area contributed by atoms with Crippen molar-refractivity contribution in [2.75, 3.05) is 11.4 Å². The largest absolute Gasteiger partial charge is 0.481 e. The molecule has 4 heteroatoms. The summed E-state index contributed by atoms with van der Waals surface area (Å²) in [7, 11) is 0. The molecule has 4 nitrogen and oxygen atoms in total. The monoisotopic (exact) mass is 256 g/mol. The van der Waals surface area contributed by atoms with Gasteiger partial charge in [-0.2, -0.15) is 0 Å². The summed E-state index contributed by atoms with van der Waals surface area (Å²) in [6.07, 6.45) is 2.47. The van der Waals surface area contributed by atoms with Gasteiger partial charge in [0.1, 0.15) is 5.82 Å². The Labute approximate surface area is 111 Å². The zero-order chi connectivity index (χ0) is 13.4. The molecule has 2 aromatic rings. The lowest BCUT2D eigenvalue weighted by molar-refractivity contribution is -0.141. The van der Waals surface area contributed by atoms with Gasteiger partial charge in [-0.1, -0.05) is 24.3 Å². The van der Waals surface area contributed by atoms with Crippen LogP contribution in [0.1, 0.15) is 13.3 Å². The Morgan fingerprint density at radius 3 is 2.89 bits per heavy atom. The molecule has 0 spiro atoms. The Bertz CT molecular complexity index is 621. The average Bonchev–Trinajstić information content (AvgIpc) is 2.80. The number of aromatic nitrogens is 1. The van der Waals surface area contributed by atoms with Gasteiger partial charge in [-0.05, 0) is 24.8 Å². The molecule has 1 aliphatic rings. The Kier molecular flexibility index (Phi) is 2.85. The Balaban J connectivity index is 2.04. The van der Waals surface area contributed by atoms with Gasteiger partial charge < -0.3 is 10.0 Å². The molecule has 0 amide bonds. The lowest BCUT2D eigenvalue weighted by Crippen LogP contribution is -2.33. The number of fused-ring (bicyclic) bond motifs is 1. The summed E-state index contributed by atoms with van der Waals surface area (Å²) in [6.45, 7) is 2.72. The van der Waals surface area contributed by atoms with Gasteiger partial charge in [-0.3, -0.25) is 4.79 Å². The maximum absolute atomic E-state index is 11.2. The van der Waals surface area contributed by atoms with Crippen LogP contribution in [0.4, 0.5) is 5.82 Å². The fourth-order valence-corrected chi connectivity index (χ4v) is 2.90. The van der Waals surface area contributed by atoms with Crippen molar-refractivity contribution >= 4 is 22.6 Å². The van der Waals surface area contributed by atoms with E-state index in [4.69, 9.17) is 0 Å². The molecule has 0 saturated carbocycles. The SMILES string of the molecule is CC1C(C(=O)O)CCN1c1nccc2ccccc12. The first kappa shape index (κ1) is 12.0. The van der Waals surface area contributed by atoms with Crippen LogP contribution in [-0.4, -0.2) is 28.6 Å². The predicted molar refractivity (Wildman–Crippen MR) is 74.3 cm³/mol. The lowest BCUT2D eigenvalue weighted by atomic mass is 10.0. The Morgan fingerprint density at radius 2 is 2.16 bits per heavy atom. The molecule has 1 aromatic carbocycles. The van der Waals surface area contributed by atoms with Crippen LogP contribution >= 0.6 is 0 Å². The number of benzene rings is 1. The Hall–Kier alpha value is -2.10. The van der Waals surface area contributed by atoms with E-state index in [1.807, 2.05) is 31.2 Å². The van der Waals surface area contributed by atoms with Gasteiger partial charge in [0, 0.05) is 24.2 Å². The molecule has 2 atom stereocenters. The fraction of sp³-hybridized carbons (Fsp3) is 0.333. The molecule has 1 aliphatic heterocycles. The van der Waals surface area contributed by atoms with Crippen LogP contribution in [0.15, 0.2) is 36.5 Å². The van der Waals surface area contributed by atoms with E-state index in [1.165, 1.54) is 0 Å². The molecule has 3 rings (SSSR count). The van der Waals surface area contributed by atoms with E-state index in [-0.39, 0.29) is 12.0 Å². The number of pyridine rings is 1. The number of hydrogen-bond donors (Lipinski definition) is 1. The van der Waals surface area contributed by atoms with E-state index < -0.39 is 5.97 Å². The third-order valence-corrected chi connectivity index (χ3v) is 4.00. The molecule has 98 valence electrons. The molecule has 1 saturated heterocycles. The molecular weight excluding hydrogens is 240 g/mol. The number of rotatable bonds is 2. The number of carboxylic acids is 1. The highest BCUT2D eigenvalue weighted by Gasteiger charge is 2.36. The van der Waals surface area contributed by atoms with Gasteiger partial charge in [0.15, 0.2) is 0 Å². The van der Waals surface area contributed by atoms with Crippen molar-refractivity contribution in [3.63, 3.8) is 0 Å². The molecule has 19 heavy (non-hydrogen) atoms. The van der Waals surface area contributed by atoms with Crippen LogP contribution in [0.25, 0.3) is 10.8 Å². The highest BCUT2D eigenvalue weighted by atomic mass is 16.4. The average molecular weight is 256 g/mol. The number of hydrogen-bond acceptors (Lipinski definition) is 3. The van der Waals surface area contributed by atoms with Gasteiger partial charge in [0.05, 0.1) is 5.92 Å². The molecule has 1 fully saturated rings. The highest BCUT2D eigenvalue weighted by molar-refractivity contribution is 5.92. The summed E-state index contributed by atoms with van der Waals surface area (Å²) in [4.78, 5) is 17.8. The zero-order valence-electron chi connectivity index (χ0n) is 10.8. The molecule has 2 heterocycles. The standard InChI is InChI=1S/C15H16N2O2/c1-10-12(15(18)19)7-9-17(10)14-13-5-3-2-4-11(13)6-8-16-14/h2-6,8,10,12H,7,9H2,1H3,(H,18,19). The van der Waals surface area contributed by atoms with Crippen molar-refractivity contribution < 1.29 is 9.90 Å². The summed E-state index contributed by atoms with van der Waals surface area (Å²) in [5.41, 5.74) is 0. The third-order valence-electron chi connectivity index (χ3n) is 4.00. The zero-order valence-corrected chi connectivity index (χ0v) is 10.8. The summed E-state index contributed by atoms with van der Waals surface area (Å²) in [5, 5.41) is 11.4. The lowest BCUT2D eigenvalue weighted by Gasteiger charge is -2.25. The van der Waals surface area contributed by atoms with E-state index in [0.717, 1.165) is 23.1 Å². The summed E-state index contributed by atoms with van der Waals surface area (Å²) in [5.74, 6) is -0.120. The van der Waals surface area contributed by atoms with Gasteiger partial charge in [0.2, 0.25) is 0 Å². The van der Waals surface area contributed by atoms with Crippen molar-refractivity contribution in [1.29, 1.82) is 0 Å². The van der Waals surface area contributed by atoms with Crippen LogP contribution in [0, 0.1) is 5.92 Å². The van der Waals surface area contributed by atoms with E-state index in [9.17, 15) is 9.90 Å². The number of aliphatic carboxylic acids is 1. The summed E-state index contributed by atoms with van der Waals surface area (Å²) < 4.78 is 0. The van der Waals surface area contributed by atoms with Gasteiger partial charge in [-0.25, -0.2) is 4.98 Å². The first-order valence-electron chi connectivity index (χ1n) is 6.51. The van der Waals surface area contributed by atoms with Crippen molar-refractivity contribution in [2.45, 2.75) is 19.4 Å². The molecule has 0 radical (unpaired) electrons. The third kappa shape index (κ3) is 1.93. The minimum absolute atomic E-state index is 0.0178. The topological polar surface area (TPSA) is 53.4 Å². The molecule has 0 bridgehead atoms. The summed E-state index contributed by atoms with van der Waals surface area (Å²) >= 11 is 0. The second-order valence-corrected chi connectivity index (χ2v) is 5.02. The molecule has 2 unspecified atom stereocenters. The second kappa shape index (κ2) is 4.53. The van der Waals surface area contributed by atoms with E-state index in [2.05, 4.69) is 16.0 Å². The number of anilines is 1. The minimum atomic E-state index is -0.713. The maximum Gasteiger partial charge on any atom is 0.308 e. The van der Waals surface area contributed by atoms with Crippen molar-refractivity contribution in [2.24, 2.45) is 5.92 Å². The fourth-order valence-electron chi connectivity index (χ4n) is 2.90. The predicted octanol–water partition coefficient (Wildman–Crippen LogP) is 2.53. The molecule has 0 aliphatic carbocycles. The summed E-state index contributed by atoms with van der Waals surface area (Å²) in [6, 6.07) is 10.0. The molecule has 1 N–H and O–H groups in total. The van der Waals surface area contributed by atoms with Gasteiger partial charge in [0.25, 0.3) is 0 Å². The van der Waals surface area contributed by atoms with Crippen molar-refractivity contribution in [1.82, 2.24) is 4.98 Å². The minimum Gasteiger partial charge on any atom is -0.481 e. The van der Waals surface area contributed by atoms with Crippen molar-refractivity contribution in [3.8, 4) is 0 Å². The van der Waals surface area contributed by atoms with Crippen LogP contribution in [0.5, 0.6) is 0 Å². The van der Waals surface area contributed by atoms with E-state index in [0.29, 0.717) is 6.42 Å². The quantitative estimate of drug-likeness (QED) is 0.897. The van der Waals surface area contributed by atoms with Gasteiger partial charge >= 0.3 is 5.97 Å². The second-order valence-electron chi connectivity index (χ2n) is 5.02. The van der Waals surface area contributed by atoms with Crippen LogP contribution in [0.3, 0.4) is 0 Å². The normalized spacial score (nSPS) is 22.9. The smallest absolute Gasteiger partial charge is 0.308 e. The molecule has 1 aromatic heterocycles. The number of carbonyl (C=O) groups is 1. The first-order chi connectivity index (χ1) is 9.18. The van der Waals surface area contributed by atoms with Crippen LogP contribution in [0.2, 0.25) is 0 Å². The van der Waals surface area contributed by atoms with E-state index >= 15 is 0 Å². The van der Waals surface area contributed by atoms with Crippen molar-refractivity contribution in [3.05, 3.63) is 36.5 Å². The molecular formula is C15H16N2O2. The van der Waals surface area contributed by atoms with Crippen LogP contribution in [-0.2, 0) is 4.79 Å².